The third kappa shape index (κ3) is 3.75. The van der Waals surface area contributed by atoms with Gasteiger partial charge in [0.1, 0.15) is 5.69 Å². The van der Waals surface area contributed by atoms with Crippen molar-refractivity contribution in [3.8, 4) is 0 Å². The first kappa shape index (κ1) is 14.9. The fourth-order valence-corrected chi connectivity index (χ4v) is 2.21. The molecule has 6 nitrogen and oxygen atoms in total. The summed E-state index contributed by atoms with van der Waals surface area (Å²) in [5, 5.41) is 0. The van der Waals surface area contributed by atoms with Crippen molar-refractivity contribution in [3.63, 3.8) is 0 Å². The molecule has 1 aliphatic heterocycles. The molecule has 1 aliphatic rings. The van der Waals surface area contributed by atoms with E-state index < -0.39 is 5.97 Å². The second-order valence-corrected chi connectivity index (χ2v) is 5.01. The van der Waals surface area contributed by atoms with Crippen LogP contribution in [0.3, 0.4) is 0 Å². The number of hydrogen-bond acceptors (Lipinski definition) is 6. The van der Waals surface area contributed by atoms with Gasteiger partial charge >= 0.3 is 5.97 Å². The molecule has 2 rings (SSSR count). The lowest BCUT2D eigenvalue weighted by molar-refractivity contribution is -0.0407. The third-order valence-corrected chi connectivity index (χ3v) is 3.35. The zero-order chi connectivity index (χ0) is 14.5. The van der Waals surface area contributed by atoms with Crippen LogP contribution in [0, 0.1) is 0 Å². The number of esters is 1. The van der Waals surface area contributed by atoms with Crippen LogP contribution in [0.15, 0.2) is 18.2 Å². The lowest BCUT2D eigenvalue weighted by atomic mass is 10.1. The molecule has 1 saturated heterocycles. The van der Waals surface area contributed by atoms with Gasteiger partial charge in [0, 0.05) is 25.7 Å². The van der Waals surface area contributed by atoms with Crippen molar-refractivity contribution >= 4 is 5.97 Å². The highest BCUT2D eigenvalue weighted by Gasteiger charge is 2.23. The molecular weight excluding hydrogens is 258 g/mol. The summed E-state index contributed by atoms with van der Waals surface area (Å²) < 4.78 is 10.3. The minimum atomic E-state index is -0.415. The van der Waals surface area contributed by atoms with E-state index in [1.165, 1.54) is 7.11 Å². The summed E-state index contributed by atoms with van der Waals surface area (Å²) in [7, 11) is 1.35. The van der Waals surface area contributed by atoms with Crippen LogP contribution in [-0.2, 0) is 16.0 Å². The first-order valence-electron chi connectivity index (χ1n) is 6.74. The molecule has 20 heavy (non-hydrogen) atoms. The maximum absolute atomic E-state index is 11.5. The summed E-state index contributed by atoms with van der Waals surface area (Å²) in [6.07, 6.45) is 0.0486. The van der Waals surface area contributed by atoms with Crippen LogP contribution in [0.1, 0.15) is 23.1 Å². The van der Waals surface area contributed by atoms with E-state index >= 15 is 0 Å². The number of carbonyl (C=O) groups excluding carboxylic acids is 1. The number of nitrogens with zero attached hydrogens (tertiary/aromatic N) is 2. The number of nitrogens with two attached hydrogens (primary N) is 1. The van der Waals surface area contributed by atoms with Crippen LogP contribution in [-0.4, -0.2) is 54.8 Å². The molecule has 2 heterocycles. The Morgan fingerprint density at radius 2 is 2.45 bits per heavy atom. The zero-order valence-corrected chi connectivity index (χ0v) is 11.9. The Morgan fingerprint density at radius 3 is 3.15 bits per heavy atom. The van der Waals surface area contributed by atoms with E-state index in [0.29, 0.717) is 18.8 Å². The average Bonchev–Trinajstić information content (AvgIpc) is 2.47. The molecule has 0 radical (unpaired) electrons. The number of hydrogen-bond donors (Lipinski definition) is 1. The molecule has 2 N–H and O–H groups in total. The van der Waals surface area contributed by atoms with Crippen LogP contribution >= 0.6 is 0 Å². The lowest BCUT2D eigenvalue weighted by Crippen LogP contribution is -2.49. The van der Waals surface area contributed by atoms with E-state index in [1.54, 1.807) is 6.07 Å². The smallest absolute Gasteiger partial charge is 0.356 e. The molecule has 0 bridgehead atoms. The first-order valence-corrected chi connectivity index (χ1v) is 6.74. The topological polar surface area (TPSA) is 77.7 Å². The van der Waals surface area contributed by atoms with Gasteiger partial charge in [-0.25, -0.2) is 9.78 Å². The van der Waals surface area contributed by atoms with Crippen LogP contribution in [0.2, 0.25) is 0 Å². The van der Waals surface area contributed by atoms with E-state index in [0.717, 1.165) is 18.8 Å². The van der Waals surface area contributed by atoms with Crippen molar-refractivity contribution in [2.45, 2.75) is 25.6 Å². The number of ether oxygens (including phenoxy) is 2. The van der Waals surface area contributed by atoms with Crippen molar-refractivity contribution in [1.29, 1.82) is 0 Å². The highest BCUT2D eigenvalue weighted by molar-refractivity contribution is 5.87. The number of methoxy groups -OCH3 is 1. The van der Waals surface area contributed by atoms with E-state index in [2.05, 4.69) is 14.6 Å². The van der Waals surface area contributed by atoms with Crippen LogP contribution in [0.4, 0.5) is 0 Å². The van der Waals surface area contributed by atoms with Gasteiger partial charge in [0.25, 0.3) is 0 Å². The molecule has 1 aromatic rings. The van der Waals surface area contributed by atoms with E-state index in [-0.39, 0.29) is 12.1 Å². The maximum Gasteiger partial charge on any atom is 0.356 e. The van der Waals surface area contributed by atoms with Gasteiger partial charge in [0.2, 0.25) is 0 Å². The SMILES string of the molecule is COC(=O)c1cccc(CN2CCOC(C(C)N)C2)n1. The summed E-state index contributed by atoms with van der Waals surface area (Å²) in [4.78, 5) is 18.0. The summed E-state index contributed by atoms with van der Waals surface area (Å²) in [6, 6.07) is 5.38. The van der Waals surface area contributed by atoms with Gasteiger partial charge in [-0.3, -0.25) is 4.90 Å². The van der Waals surface area contributed by atoms with Crippen LogP contribution in [0.5, 0.6) is 0 Å². The van der Waals surface area contributed by atoms with Crippen molar-refractivity contribution in [3.05, 3.63) is 29.6 Å². The monoisotopic (exact) mass is 279 g/mol. The highest BCUT2D eigenvalue weighted by atomic mass is 16.5. The molecule has 1 fully saturated rings. The molecule has 110 valence electrons. The Morgan fingerprint density at radius 1 is 1.65 bits per heavy atom. The van der Waals surface area contributed by atoms with Crippen molar-refractivity contribution in [2.75, 3.05) is 26.8 Å². The van der Waals surface area contributed by atoms with Crippen molar-refractivity contribution in [2.24, 2.45) is 5.73 Å². The van der Waals surface area contributed by atoms with Gasteiger partial charge in [0.05, 0.1) is 25.5 Å². The molecule has 0 amide bonds. The number of aromatic nitrogens is 1. The summed E-state index contributed by atoms with van der Waals surface area (Å²) in [6.45, 7) is 4.92. The highest BCUT2D eigenvalue weighted by Crippen LogP contribution is 2.11. The number of pyridine rings is 1. The Balaban J connectivity index is 2.01. The minimum absolute atomic E-state index is 0.00663. The Kier molecular flexibility index (Phi) is 5.05. The fraction of sp³-hybridized carbons (Fsp3) is 0.571. The molecule has 0 spiro atoms. The molecular formula is C14H21N3O3. The third-order valence-electron chi connectivity index (χ3n) is 3.35. The Labute approximate surface area is 118 Å². The van der Waals surface area contributed by atoms with Gasteiger partial charge in [-0.1, -0.05) is 6.07 Å². The first-order chi connectivity index (χ1) is 9.60. The molecule has 0 aliphatic carbocycles. The molecule has 6 heteroatoms. The fourth-order valence-electron chi connectivity index (χ4n) is 2.21. The summed E-state index contributed by atoms with van der Waals surface area (Å²) in [5.74, 6) is -0.415. The molecule has 0 aromatic carbocycles. The summed E-state index contributed by atoms with van der Waals surface area (Å²) in [5.41, 5.74) is 7.06. The van der Waals surface area contributed by atoms with Crippen LogP contribution in [0.25, 0.3) is 0 Å². The summed E-state index contributed by atoms with van der Waals surface area (Å²) >= 11 is 0. The average molecular weight is 279 g/mol. The number of carbonyl (C=O) groups is 1. The number of morpholine rings is 1. The molecule has 2 atom stereocenters. The Hall–Kier alpha value is -1.50. The zero-order valence-electron chi connectivity index (χ0n) is 11.9. The van der Waals surface area contributed by atoms with Crippen molar-refractivity contribution in [1.82, 2.24) is 9.88 Å². The lowest BCUT2D eigenvalue weighted by Gasteiger charge is -2.34. The van der Waals surface area contributed by atoms with Crippen LogP contribution < -0.4 is 5.73 Å². The molecule has 0 saturated carbocycles. The van der Waals surface area contributed by atoms with Crippen molar-refractivity contribution < 1.29 is 14.3 Å². The Bertz CT molecular complexity index is 465. The van der Waals surface area contributed by atoms with Gasteiger partial charge in [-0.2, -0.15) is 0 Å². The van der Waals surface area contributed by atoms with E-state index in [1.807, 2.05) is 19.1 Å². The second-order valence-electron chi connectivity index (χ2n) is 5.01. The maximum atomic E-state index is 11.5. The minimum Gasteiger partial charge on any atom is -0.464 e. The van der Waals surface area contributed by atoms with E-state index in [9.17, 15) is 4.79 Å². The normalized spacial score (nSPS) is 21.4. The van der Waals surface area contributed by atoms with Gasteiger partial charge in [-0.05, 0) is 19.1 Å². The largest absolute Gasteiger partial charge is 0.464 e. The van der Waals surface area contributed by atoms with Gasteiger partial charge in [0.15, 0.2) is 0 Å². The molecule has 2 unspecified atom stereocenters. The van der Waals surface area contributed by atoms with Gasteiger partial charge < -0.3 is 15.2 Å². The standard InChI is InChI=1S/C14H21N3O3/c1-10(15)13-9-17(6-7-20-13)8-11-4-3-5-12(16-11)14(18)19-2/h3-5,10,13H,6-9,15H2,1-2H3. The number of rotatable bonds is 4. The predicted molar refractivity (Wildman–Crippen MR) is 74.2 cm³/mol. The molecule has 1 aromatic heterocycles. The van der Waals surface area contributed by atoms with E-state index in [4.69, 9.17) is 10.5 Å². The second kappa shape index (κ2) is 6.78. The quantitative estimate of drug-likeness (QED) is 0.805. The predicted octanol–water partition coefficient (Wildman–Crippen LogP) is 0.416. The van der Waals surface area contributed by atoms with Gasteiger partial charge in [-0.15, -0.1) is 0 Å².